The van der Waals surface area contributed by atoms with Crippen LogP contribution in [0.25, 0.3) is 0 Å². The Balaban J connectivity index is 2.45. The van der Waals surface area contributed by atoms with Crippen LogP contribution in [0.2, 0.25) is 0 Å². The molecule has 0 fully saturated rings. The zero-order chi connectivity index (χ0) is 5.54. The molecule has 4 N–H and O–H groups in total. The number of nitrogens with two attached hydrogens (primary N) is 1. The molecule has 7 heavy (non-hydrogen) atoms. The smallest absolute Gasteiger partial charge is 0.0452 e. The molecule has 0 saturated heterocycles. The Morgan fingerprint density at radius 3 is 2.71 bits per heavy atom. The van der Waals surface area contributed by atoms with E-state index in [1.165, 1.54) is 0 Å². The van der Waals surface area contributed by atoms with E-state index in [4.69, 9.17) is 5.73 Å². The van der Waals surface area contributed by atoms with Crippen LogP contribution in [-0.4, -0.2) is 26.8 Å². The summed E-state index contributed by atoms with van der Waals surface area (Å²) in [5.74, 6) is 0. The van der Waals surface area contributed by atoms with Gasteiger partial charge in [0.2, 0.25) is 0 Å². The van der Waals surface area contributed by atoms with Crippen LogP contribution in [0.15, 0.2) is 0 Å². The maximum Gasteiger partial charge on any atom is 0.0452 e. The zero-order valence-electron chi connectivity index (χ0n) is 4.70. The molecule has 0 bridgehead atoms. The average Bonchev–Trinajstić information content (AvgIpc) is 1.69. The van der Waals surface area contributed by atoms with Crippen LogP contribution in [0, 0.1) is 0 Å². The van der Waals surface area contributed by atoms with E-state index in [9.17, 15) is 0 Å². The zero-order valence-corrected chi connectivity index (χ0v) is 4.70. The second kappa shape index (κ2) is 5.88. The lowest BCUT2D eigenvalue weighted by Gasteiger charge is -1.97. The van der Waals surface area contributed by atoms with Crippen LogP contribution in [0.1, 0.15) is 0 Å². The molecule has 0 heterocycles. The standard InChI is InChI=1S/C4H13N3/c1-6-4-7-3-2-5/h6-7H,2-5H2,1H3. The van der Waals surface area contributed by atoms with Crippen molar-refractivity contribution in [3.8, 4) is 0 Å². The van der Waals surface area contributed by atoms with Crippen molar-refractivity contribution in [2.75, 3.05) is 26.8 Å². The summed E-state index contributed by atoms with van der Waals surface area (Å²) in [6, 6.07) is 0. The molecule has 0 radical (unpaired) electrons. The van der Waals surface area contributed by atoms with Gasteiger partial charge in [0.15, 0.2) is 0 Å². The van der Waals surface area contributed by atoms with E-state index in [2.05, 4.69) is 10.6 Å². The first-order valence-electron chi connectivity index (χ1n) is 2.47. The first-order chi connectivity index (χ1) is 3.41. The molecule has 0 aliphatic heterocycles. The van der Waals surface area contributed by atoms with Crippen molar-refractivity contribution in [2.24, 2.45) is 5.73 Å². The van der Waals surface area contributed by atoms with Gasteiger partial charge in [-0.25, -0.2) is 0 Å². The first kappa shape index (κ1) is 6.88. The largest absolute Gasteiger partial charge is 0.329 e. The summed E-state index contributed by atoms with van der Waals surface area (Å²) in [6.07, 6.45) is 0. The minimum absolute atomic E-state index is 0.710. The van der Waals surface area contributed by atoms with Gasteiger partial charge in [0, 0.05) is 19.8 Å². The molecule has 3 nitrogen and oxygen atoms in total. The summed E-state index contributed by atoms with van der Waals surface area (Å²) in [7, 11) is 1.89. The number of rotatable bonds is 4. The van der Waals surface area contributed by atoms with Gasteiger partial charge >= 0.3 is 0 Å². The van der Waals surface area contributed by atoms with Crippen molar-refractivity contribution in [3.05, 3.63) is 0 Å². The molecule has 0 aromatic heterocycles. The van der Waals surface area contributed by atoms with E-state index >= 15 is 0 Å². The van der Waals surface area contributed by atoms with E-state index < -0.39 is 0 Å². The Kier molecular flexibility index (Phi) is 5.78. The normalized spacial score (nSPS) is 9.43. The third kappa shape index (κ3) is 5.88. The highest BCUT2D eigenvalue weighted by Gasteiger charge is 1.75. The van der Waals surface area contributed by atoms with Crippen molar-refractivity contribution in [2.45, 2.75) is 0 Å². The van der Waals surface area contributed by atoms with Crippen molar-refractivity contribution < 1.29 is 0 Å². The van der Waals surface area contributed by atoms with Crippen LogP contribution in [0.3, 0.4) is 0 Å². The minimum atomic E-state index is 0.710. The van der Waals surface area contributed by atoms with Crippen LogP contribution in [-0.2, 0) is 0 Å². The molecule has 0 unspecified atom stereocenters. The van der Waals surface area contributed by atoms with Gasteiger partial charge in [-0.3, -0.25) is 0 Å². The molecule has 0 aliphatic carbocycles. The third-order valence-electron chi connectivity index (χ3n) is 0.623. The quantitative estimate of drug-likeness (QED) is 0.306. The van der Waals surface area contributed by atoms with Crippen LogP contribution >= 0.6 is 0 Å². The Morgan fingerprint density at radius 1 is 1.57 bits per heavy atom. The van der Waals surface area contributed by atoms with Gasteiger partial charge in [-0.2, -0.15) is 0 Å². The Morgan fingerprint density at radius 2 is 2.29 bits per heavy atom. The highest BCUT2D eigenvalue weighted by molar-refractivity contribution is 4.40. The van der Waals surface area contributed by atoms with Gasteiger partial charge in [-0.05, 0) is 7.05 Å². The molecule has 0 aromatic carbocycles. The van der Waals surface area contributed by atoms with Gasteiger partial charge in [0.1, 0.15) is 0 Å². The van der Waals surface area contributed by atoms with Gasteiger partial charge in [-0.1, -0.05) is 0 Å². The lowest BCUT2D eigenvalue weighted by Crippen LogP contribution is -2.30. The molecule has 0 rings (SSSR count). The van der Waals surface area contributed by atoms with E-state index in [-0.39, 0.29) is 0 Å². The van der Waals surface area contributed by atoms with Crippen LogP contribution < -0.4 is 16.4 Å². The fourth-order valence-electron chi connectivity index (χ4n) is 0.315. The monoisotopic (exact) mass is 103 g/mol. The summed E-state index contributed by atoms with van der Waals surface area (Å²) in [6.45, 7) is 2.44. The van der Waals surface area contributed by atoms with E-state index in [1.54, 1.807) is 0 Å². The third-order valence-corrected chi connectivity index (χ3v) is 0.623. The fourth-order valence-corrected chi connectivity index (χ4v) is 0.315. The number of hydrogen-bond donors (Lipinski definition) is 3. The maximum absolute atomic E-state index is 5.18. The first-order valence-corrected chi connectivity index (χ1v) is 2.47. The van der Waals surface area contributed by atoms with Crippen molar-refractivity contribution in [1.29, 1.82) is 0 Å². The second-order valence-electron chi connectivity index (χ2n) is 1.32. The highest BCUT2D eigenvalue weighted by atomic mass is 15.0. The predicted octanol–water partition coefficient (Wildman–Crippen LogP) is -1.29. The van der Waals surface area contributed by atoms with E-state index in [0.717, 1.165) is 13.2 Å². The SMILES string of the molecule is CNCNCCN. The summed E-state index contributed by atoms with van der Waals surface area (Å²) >= 11 is 0. The fraction of sp³-hybridized carbons (Fsp3) is 1.00. The Bertz CT molecular complexity index is 26.1. The maximum atomic E-state index is 5.18. The molecule has 3 heteroatoms. The Labute approximate surface area is 44.3 Å². The highest BCUT2D eigenvalue weighted by Crippen LogP contribution is 1.45. The van der Waals surface area contributed by atoms with E-state index in [0.29, 0.717) is 6.54 Å². The van der Waals surface area contributed by atoms with Crippen LogP contribution in [0.5, 0.6) is 0 Å². The summed E-state index contributed by atoms with van der Waals surface area (Å²) in [5, 5.41) is 5.98. The van der Waals surface area contributed by atoms with Gasteiger partial charge in [-0.15, -0.1) is 0 Å². The molecule has 0 spiro atoms. The molecule has 0 atom stereocenters. The van der Waals surface area contributed by atoms with E-state index in [1.807, 2.05) is 7.05 Å². The topological polar surface area (TPSA) is 50.1 Å². The molecule has 0 aliphatic rings. The van der Waals surface area contributed by atoms with Gasteiger partial charge < -0.3 is 16.4 Å². The predicted molar refractivity (Wildman–Crippen MR) is 31.0 cm³/mol. The lowest BCUT2D eigenvalue weighted by molar-refractivity contribution is 0.636. The molecule has 44 valence electrons. The summed E-state index contributed by atoms with van der Waals surface area (Å²) in [4.78, 5) is 0. The Hall–Kier alpha value is -0.120. The number of hydrogen-bond acceptors (Lipinski definition) is 3. The summed E-state index contributed by atoms with van der Waals surface area (Å²) < 4.78 is 0. The molecular formula is C4H13N3. The number of nitrogens with one attached hydrogen (secondary N) is 2. The summed E-state index contributed by atoms with van der Waals surface area (Å²) in [5.41, 5.74) is 5.18. The average molecular weight is 103 g/mol. The lowest BCUT2D eigenvalue weighted by atomic mass is 10.6. The van der Waals surface area contributed by atoms with Crippen molar-refractivity contribution >= 4 is 0 Å². The molecule has 0 aromatic rings. The minimum Gasteiger partial charge on any atom is -0.329 e. The van der Waals surface area contributed by atoms with Crippen LogP contribution in [0.4, 0.5) is 0 Å². The van der Waals surface area contributed by atoms with Gasteiger partial charge in [0.05, 0.1) is 0 Å². The molecule has 0 amide bonds. The second-order valence-corrected chi connectivity index (χ2v) is 1.32. The molecular weight excluding hydrogens is 90.1 g/mol. The van der Waals surface area contributed by atoms with Gasteiger partial charge in [0.25, 0.3) is 0 Å². The van der Waals surface area contributed by atoms with Crippen molar-refractivity contribution in [1.82, 2.24) is 10.6 Å². The molecule has 0 saturated carbocycles. The van der Waals surface area contributed by atoms with Crippen molar-refractivity contribution in [3.63, 3.8) is 0 Å².